The molecule has 0 aliphatic heterocycles. The van der Waals surface area contributed by atoms with Crippen molar-refractivity contribution in [3.63, 3.8) is 0 Å². The summed E-state index contributed by atoms with van der Waals surface area (Å²) in [7, 11) is 0. The fraction of sp³-hybridized carbons (Fsp3) is 0.353. The van der Waals surface area contributed by atoms with E-state index >= 15 is 0 Å². The highest BCUT2D eigenvalue weighted by Gasteiger charge is 2.39. The molecule has 0 saturated heterocycles. The van der Waals surface area contributed by atoms with E-state index < -0.39 is 4.92 Å². The van der Waals surface area contributed by atoms with Crippen molar-refractivity contribution in [2.24, 2.45) is 0 Å². The lowest BCUT2D eigenvalue weighted by atomic mass is 10.1. The average Bonchev–Trinajstić information content (AvgIpc) is 3.18. The van der Waals surface area contributed by atoms with Crippen LogP contribution < -0.4 is 0 Å². The number of amides is 1. The monoisotopic (exact) mass is 314 g/mol. The molecule has 0 bridgehead atoms. The number of carbonyl (C=O) groups is 1. The van der Waals surface area contributed by atoms with Gasteiger partial charge in [-0.15, -0.1) is 0 Å². The van der Waals surface area contributed by atoms with Crippen LogP contribution in [0.5, 0.6) is 0 Å². The van der Waals surface area contributed by atoms with Crippen molar-refractivity contribution in [2.75, 3.05) is 0 Å². The molecule has 3 rings (SSSR count). The minimum Gasteiger partial charge on any atom is -0.467 e. The Morgan fingerprint density at radius 1 is 1.35 bits per heavy atom. The molecule has 1 unspecified atom stereocenters. The van der Waals surface area contributed by atoms with Crippen molar-refractivity contribution in [1.29, 1.82) is 0 Å². The van der Waals surface area contributed by atoms with Crippen LogP contribution in [0.15, 0.2) is 41.0 Å². The molecule has 1 saturated carbocycles. The fourth-order valence-corrected chi connectivity index (χ4v) is 2.89. The van der Waals surface area contributed by atoms with Crippen molar-refractivity contribution >= 4 is 11.6 Å². The molecule has 1 aliphatic carbocycles. The summed E-state index contributed by atoms with van der Waals surface area (Å²) in [5.74, 6) is 0.368. The van der Waals surface area contributed by atoms with Gasteiger partial charge in [-0.05, 0) is 44.9 Å². The lowest BCUT2D eigenvalue weighted by Gasteiger charge is -2.28. The molecule has 1 atom stereocenters. The van der Waals surface area contributed by atoms with Gasteiger partial charge in [0, 0.05) is 11.6 Å². The van der Waals surface area contributed by atoms with E-state index in [2.05, 4.69) is 0 Å². The first kappa shape index (κ1) is 15.3. The summed E-state index contributed by atoms with van der Waals surface area (Å²) in [6.45, 7) is 3.53. The molecule has 1 aromatic heterocycles. The highest BCUT2D eigenvalue weighted by molar-refractivity contribution is 5.99. The van der Waals surface area contributed by atoms with E-state index in [0.29, 0.717) is 11.3 Å². The first-order chi connectivity index (χ1) is 11.0. The van der Waals surface area contributed by atoms with Gasteiger partial charge < -0.3 is 9.32 Å². The lowest BCUT2D eigenvalue weighted by molar-refractivity contribution is -0.385. The van der Waals surface area contributed by atoms with Gasteiger partial charge in [-0.1, -0.05) is 12.1 Å². The third kappa shape index (κ3) is 2.84. The zero-order valence-corrected chi connectivity index (χ0v) is 13.1. The van der Waals surface area contributed by atoms with Gasteiger partial charge in [0.15, 0.2) is 0 Å². The SMILES string of the molecule is Cc1cccc(C(=O)N(C2CC2)C(C)c2ccco2)c1[N+](=O)[O-]. The summed E-state index contributed by atoms with van der Waals surface area (Å²) in [5.41, 5.74) is 0.511. The van der Waals surface area contributed by atoms with E-state index in [-0.39, 0.29) is 29.2 Å². The Hall–Kier alpha value is -2.63. The Balaban J connectivity index is 2.00. The van der Waals surface area contributed by atoms with E-state index in [0.717, 1.165) is 12.8 Å². The van der Waals surface area contributed by atoms with Crippen LogP contribution in [0.2, 0.25) is 0 Å². The summed E-state index contributed by atoms with van der Waals surface area (Å²) >= 11 is 0. The Kier molecular flexibility index (Phi) is 3.90. The molecule has 1 amide bonds. The van der Waals surface area contributed by atoms with E-state index in [4.69, 9.17) is 4.42 Å². The van der Waals surface area contributed by atoms with Gasteiger partial charge in [-0.2, -0.15) is 0 Å². The largest absolute Gasteiger partial charge is 0.467 e. The maximum atomic E-state index is 13.0. The first-order valence-electron chi connectivity index (χ1n) is 7.60. The van der Waals surface area contributed by atoms with Gasteiger partial charge >= 0.3 is 0 Å². The van der Waals surface area contributed by atoms with Crippen molar-refractivity contribution in [2.45, 2.75) is 38.8 Å². The van der Waals surface area contributed by atoms with Crippen LogP contribution >= 0.6 is 0 Å². The van der Waals surface area contributed by atoms with Crippen LogP contribution in [0.3, 0.4) is 0 Å². The number of para-hydroxylation sites is 1. The van der Waals surface area contributed by atoms with Crippen LogP contribution in [0, 0.1) is 17.0 Å². The number of nitro groups is 1. The molecule has 2 aromatic rings. The summed E-state index contributed by atoms with van der Waals surface area (Å²) in [4.78, 5) is 25.6. The van der Waals surface area contributed by atoms with Crippen LogP contribution in [0.1, 0.15) is 47.5 Å². The average molecular weight is 314 g/mol. The molecule has 1 aliphatic rings. The molecule has 6 heteroatoms. The second-order valence-corrected chi connectivity index (χ2v) is 5.86. The number of aryl methyl sites for hydroxylation is 1. The highest BCUT2D eigenvalue weighted by Crippen LogP contribution is 2.37. The fourth-order valence-electron chi connectivity index (χ4n) is 2.89. The van der Waals surface area contributed by atoms with Crippen molar-refractivity contribution in [1.82, 2.24) is 4.90 Å². The number of benzene rings is 1. The lowest BCUT2D eigenvalue weighted by Crippen LogP contribution is -2.35. The maximum Gasteiger partial charge on any atom is 0.285 e. The molecule has 23 heavy (non-hydrogen) atoms. The first-order valence-corrected chi connectivity index (χ1v) is 7.60. The van der Waals surface area contributed by atoms with Crippen molar-refractivity contribution in [3.8, 4) is 0 Å². The molecule has 1 aromatic carbocycles. The van der Waals surface area contributed by atoms with Crippen LogP contribution in [-0.4, -0.2) is 21.8 Å². The number of hydrogen-bond donors (Lipinski definition) is 0. The second-order valence-electron chi connectivity index (χ2n) is 5.86. The smallest absolute Gasteiger partial charge is 0.285 e. The topological polar surface area (TPSA) is 76.6 Å². The summed E-state index contributed by atoms with van der Waals surface area (Å²) < 4.78 is 5.41. The zero-order valence-electron chi connectivity index (χ0n) is 13.1. The normalized spacial score (nSPS) is 15.2. The Labute approximate surface area is 133 Å². The van der Waals surface area contributed by atoms with E-state index in [1.54, 1.807) is 36.3 Å². The number of hydrogen-bond acceptors (Lipinski definition) is 4. The third-order valence-electron chi connectivity index (χ3n) is 4.20. The van der Waals surface area contributed by atoms with Gasteiger partial charge in [0.25, 0.3) is 11.6 Å². The van der Waals surface area contributed by atoms with Crippen LogP contribution in [0.4, 0.5) is 5.69 Å². The Morgan fingerprint density at radius 3 is 2.65 bits per heavy atom. The van der Waals surface area contributed by atoms with Crippen molar-refractivity contribution < 1.29 is 14.1 Å². The summed E-state index contributed by atoms with van der Waals surface area (Å²) in [6.07, 6.45) is 3.39. The third-order valence-corrected chi connectivity index (χ3v) is 4.20. The standard InChI is InChI=1S/C17H18N2O4/c1-11-5-3-6-14(16(11)19(21)22)17(20)18(13-8-9-13)12(2)15-7-4-10-23-15/h3-7,10,12-13H,8-9H2,1-2H3. The number of rotatable bonds is 5. The Bertz CT molecular complexity index is 735. The molecule has 1 fully saturated rings. The second kappa shape index (κ2) is 5.87. The van der Waals surface area contributed by atoms with Gasteiger partial charge in [0.05, 0.1) is 17.2 Å². The highest BCUT2D eigenvalue weighted by atomic mass is 16.6. The Morgan fingerprint density at radius 2 is 2.09 bits per heavy atom. The van der Waals surface area contributed by atoms with Gasteiger partial charge in [0.2, 0.25) is 0 Å². The zero-order chi connectivity index (χ0) is 16.6. The predicted octanol–water partition coefficient (Wildman–Crippen LogP) is 3.86. The van der Waals surface area contributed by atoms with E-state index in [1.807, 2.05) is 13.0 Å². The van der Waals surface area contributed by atoms with Gasteiger partial charge in [0.1, 0.15) is 11.3 Å². The number of furan rings is 1. The van der Waals surface area contributed by atoms with Crippen LogP contribution in [-0.2, 0) is 0 Å². The quantitative estimate of drug-likeness (QED) is 0.620. The molecule has 120 valence electrons. The molecule has 1 heterocycles. The van der Waals surface area contributed by atoms with Gasteiger partial charge in [-0.3, -0.25) is 14.9 Å². The predicted molar refractivity (Wildman–Crippen MR) is 84.1 cm³/mol. The van der Waals surface area contributed by atoms with E-state index in [9.17, 15) is 14.9 Å². The molecule has 0 spiro atoms. The molecule has 0 radical (unpaired) electrons. The van der Waals surface area contributed by atoms with Crippen molar-refractivity contribution in [3.05, 3.63) is 63.6 Å². The summed E-state index contributed by atoms with van der Waals surface area (Å²) in [6, 6.07) is 8.30. The summed E-state index contributed by atoms with van der Waals surface area (Å²) in [5, 5.41) is 11.4. The molecular weight excluding hydrogens is 296 g/mol. The van der Waals surface area contributed by atoms with Gasteiger partial charge in [-0.25, -0.2) is 0 Å². The number of carbonyl (C=O) groups excluding carboxylic acids is 1. The minimum atomic E-state index is -0.481. The number of nitro benzene ring substituents is 1. The molecule has 6 nitrogen and oxygen atoms in total. The minimum absolute atomic E-state index is 0.114. The molecular formula is C17H18N2O4. The maximum absolute atomic E-state index is 13.0. The van der Waals surface area contributed by atoms with Crippen LogP contribution in [0.25, 0.3) is 0 Å². The number of nitrogens with zero attached hydrogens (tertiary/aromatic N) is 2. The molecule has 0 N–H and O–H groups in total. The van der Waals surface area contributed by atoms with E-state index in [1.165, 1.54) is 6.07 Å².